The molecule has 0 radical (unpaired) electrons. The lowest BCUT2D eigenvalue weighted by Crippen LogP contribution is -2.24. The molecule has 0 aliphatic carbocycles. The summed E-state index contributed by atoms with van der Waals surface area (Å²) in [5, 5.41) is 14.0. The van der Waals surface area contributed by atoms with Crippen LogP contribution in [0.5, 0.6) is 5.75 Å². The Morgan fingerprint density at radius 2 is 2.07 bits per heavy atom. The van der Waals surface area contributed by atoms with Gasteiger partial charge in [0, 0.05) is 24.6 Å². The molecule has 0 unspecified atom stereocenters. The van der Waals surface area contributed by atoms with Gasteiger partial charge in [-0.15, -0.1) is 21.5 Å². The smallest absolute Gasteiger partial charge is 0.267 e. The van der Waals surface area contributed by atoms with Crippen LogP contribution >= 0.6 is 22.7 Å². The number of nitrogens with one attached hydrogen (secondary N) is 1. The maximum atomic E-state index is 12.4. The fraction of sp³-hybridized carbons (Fsp3) is 0.222. The third-order valence-electron chi connectivity index (χ3n) is 4.26. The standard InChI is InChI=1S/C18H16N4O3S2/c1-25-13-6-4-12(5-7-13)22-10-11(9-15(22)23)17-20-21-18(27-17)19-16(24)14-3-2-8-26-14/h2-8,11H,9-10H2,1H3,(H,19,21,24)/t11-/m0/s1. The van der Waals surface area contributed by atoms with Crippen LogP contribution in [0.1, 0.15) is 27.0 Å². The van der Waals surface area contributed by atoms with Crippen molar-refractivity contribution in [3.8, 4) is 5.75 Å². The Morgan fingerprint density at radius 1 is 1.26 bits per heavy atom. The lowest BCUT2D eigenvalue weighted by molar-refractivity contribution is -0.117. The van der Waals surface area contributed by atoms with Crippen LogP contribution in [0.2, 0.25) is 0 Å². The van der Waals surface area contributed by atoms with Crippen LogP contribution in [0.25, 0.3) is 0 Å². The number of hydrogen-bond acceptors (Lipinski definition) is 7. The Kier molecular flexibility index (Phi) is 4.87. The van der Waals surface area contributed by atoms with E-state index in [1.807, 2.05) is 35.7 Å². The van der Waals surface area contributed by atoms with Gasteiger partial charge in [0.2, 0.25) is 11.0 Å². The van der Waals surface area contributed by atoms with Crippen LogP contribution in [-0.2, 0) is 4.79 Å². The third kappa shape index (κ3) is 3.69. The zero-order valence-electron chi connectivity index (χ0n) is 14.4. The predicted molar refractivity (Wildman–Crippen MR) is 105 cm³/mol. The molecule has 4 rings (SSSR count). The first-order valence-corrected chi connectivity index (χ1v) is 9.96. The molecular weight excluding hydrogens is 384 g/mol. The van der Waals surface area contributed by atoms with Crippen molar-refractivity contribution < 1.29 is 14.3 Å². The van der Waals surface area contributed by atoms with Crippen molar-refractivity contribution >= 4 is 45.3 Å². The van der Waals surface area contributed by atoms with E-state index >= 15 is 0 Å². The molecule has 1 aliphatic heterocycles. The zero-order chi connectivity index (χ0) is 18.8. The molecule has 7 nitrogen and oxygen atoms in total. The highest BCUT2D eigenvalue weighted by molar-refractivity contribution is 7.15. The van der Waals surface area contributed by atoms with Crippen LogP contribution in [-0.4, -0.2) is 35.7 Å². The minimum atomic E-state index is -0.199. The molecule has 1 aliphatic rings. The second-order valence-electron chi connectivity index (χ2n) is 5.98. The summed E-state index contributed by atoms with van der Waals surface area (Å²) in [6.07, 6.45) is 0.375. The van der Waals surface area contributed by atoms with Gasteiger partial charge in [0.05, 0.1) is 12.0 Å². The fourth-order valence-corrected chi connectivity index (χ4v) is 4.35. The maximum absolute atomic E-state index is 12.4. The molecule has 138 valence electrons. The topological polar surface area (TPSA) is 84.4 Å². The molecule has 1 atom stereocenters. The van der Waals surface area contributed by atoms with E-state index in [9.17, 15) is 9.59 Å². The van der Waals surface area contributed by atoms with Crippen molar-refractivity contribution in [1.82, 2.24) is 10.2 Å². The Balaban J connectivity index is 1.44. The van der Waals surface area contributed by atoms with E-state index in [4.69, 9.17) is 4.74 Å². The van der Waals surface area contributed by atoms with Crippen molar-refractivity contribution in [3.05, 3.63) is 51.7 Å². The third-order valence-corrected chi connectivity index (χ3v) is 6.13. The number of anilines is 2. The number of carbonyl (C=O) groups is 2. The molecule has 3 aromatic rings. The van der Waals surface area contributed by atoms with E-state index in [1.165, 1.54) is 22.7 Å². The van der Waals surface area contributed by atoms with Crippen LogP contribution in [0.15, 0.2) is 41.8 Å². The number of aromatic nitrogens is 2. The minimum Gasteiger partial charge on any atom is -0.497 e. The molecular formula is C18H16N4O3S2. The lowest BCUT2D eigenvalue weighted by atomic mass is 10.1. The highest BCUT2D eigenvalue weighted by Crippen LogP contribution is 2.34. The number of nitrogens with zero attached hydrogens (tertiary/aromatic N) is 3. The highest BCUT2D eigenvalue weighted by atomic mass is 32.1. The molecule has 0 bridgehead atoms. The Bertz CT molecular complexity index is 953. The molecule has 1 N–H and O–H groups in total. The molecule has 1 saturated heterocycles. The predicted octanol–water partition coefficient (Wildman–Crippen LogP) is 3.38. The SMILES string of the molecule is COc1ccc(N2C[C@@H](c3nnc(NC(=O)c4cccs4)s3)CC2=O)cc1. The van der Waals surface area contributed by atoms with Gasteiger partial charge < -0.3 is 9.64 Å². The number of ether oxygens (including phenoxy) is 1. The van der Waals surface area contributed by atoms with E-state index in [-0.39, 0.29) is 17.7 Å². The largest absolute Gasteiger partial charge is 0.497 e. The molecule has 2 amide bonds. The van der Waals surface area contributed by atoms with E-state index < -0.39 is 0 Å². The Hall–Kier alpha value is -2.78. The van der Waals surface area contributed by atoms with Gasteiger partial charge in [0.15, 0.2) is 0 Å². The van der Waals surface area contributed by atoms with Crippen LogP contribution < -0.4 is 15.0 Å². The first-order chi connectivity index (χ1) is 13.1. The fourth-order valence-electron chi connectivity index (χ4n) is 2.90. The lowest BCUT2D eigenvalue weighted by Gasteiger charge is -2.16. The van der Waals surface area contributed by atoms with Crippen molar-refractivity contribution in [2.75, 3.05) is 23.9 Å². The molecule has 3 heterocycles. The van der Waals surface area contributed by atoms with Crippen molar-refractivity contribution in [3.63, 3.8) is 0 Å². The van der Waals surface area contributed by atoms with Crippen molar-refractivity contribution in [1.29, 1.82) is 0 Å². The maximum Gasteiger partial charge on any atom is 0.267 e. The summed E-state index contributed by atoms with van der Waals surface area (Å²) in [5.74, 6) is 0.557. The summed E-state index contributed by atoms with van der Waals surface area (Å²) in [5.41, 5.74) is 0.832. The number of amides is 2. The van der Waals surface area contributed by atoms with Crippen molar-refractivity contribution in [2.45, 2.75) is 12.3 Å². The number of rotatable bonds is 5. The number of carbonyl (C=O) groups excluding carboxylic acids is 2. The normalized spacial score (nSPS) is 16.6. The van der Waals surface area contributed by atoms with E-state index in [2.05, 4.69) is 15.5 Å². The summed E-state index contributed by atoms with van der Waals surface area (Å²) in [4.78, 5) is 26.9. The van der Waals surface area contributed by atoms with Gasteiger partial charge in [0.1, 0.15) is 10.8 Å². The number of hydrogen-bond donors (Lipinski definition) is 1. The molecule has 1 fully saturated rings. The van der Waals surface area contributed by atoms with Crippen LogP contribution in [0.4, 0.5) is 10.8 Å². The average Bonchev–Trinajstić information content (AvgIpc) is 3.42. The van der Waals surface area contributed by atoms with E-state index in [0.29, 0.717) is 23.0 Å². The monoisotopic (exact) mass is 400 g/mol. The van der Waals surface area contributed by atoms with E-state index in [0.717, 1.165) is 16.4 Å². The molecule has 2 aromatic heterocycles. The summed E-state index contributed by atoms with van der Waals surface area (Å²) < 4.78 is 5.16. The van der Waals surface area contributed by atoms with E-state index in [1.54, 1.807) is 18.1 Å². The quantitative estimate of drug-likeness (QED) is 0.710. The van der Waals surface area contributed by atoms with Gasteiger partial charge in [-0.1, -0.05) is 17.4 Å². The molecule has 1 aromatic carbocycles. The van der Waals surface area contributed by atoms with Crippen LogP contribution in [0, 0.1) is 0 Å². The summed E-state index contributed by atoms with van der Waals surface area (Å²) in [7, 11) is 1.61. The average molecular weight is 400 g/mol. The first-order valence-electron chi connectivity index (χ1n) is 8.26. The summed E-state index contributed by atoms with van der Waals surface area (Å²) in [6, 6.07) is 11.0. The van der Waals surface area contributed by atoms with Gasteiger partial charge >= 0.3 is 0 Å². The second-order valence-corrected chi connectivity index (χ2v) is 7.94. The summed E-state index contributed by atoms with van der Waals surface area (Å²) in [6.45, 7) is 0.540. The van der Waals surface area contributed by atoms with Gasteiger partial charge in [-0.3, -0.25) is 14.9 Å². The second kappa shape index (κ2) is 7.45. The number of thiophene rings is 1. The molecule has 9 heteroatoms. The zero-order valence-corrected chi connectivity index (χ0v) is 16.0. The Labute approximate surface area is 163 Å². The number of benzene rings is 1. The van der Waals surface area contributed by atoms with Gasteiger partial charge in [-0.25, -0.2) is 0 Å². The molecule has 0 spiro atoms. The van der Waals surface area contributed by atoms with Gasteiger partial charge in [-0.2, -0.15) is 0 Å². The minimum absolute atomic E-state index is 0.0375. The molecule has 0 saturated carbocycles. The van der Waals surface area contributed by atoms with Crippen LogP contribution in [0.3, 0.4) is 0 Å². The number of methoxy groups -OCH3 is 1. The summed E-state index contributed by atoms with van der Waals surface area (Å²) >= 11 is 2.68. The molecule has 27 heavy (non-hydrogen) atoms. The Morgan fingerprint density at radius 3 is 2.78 bits per heavy atom. The van der Waals surface area contributed by atoms with Crippen molar-refractivity contribution in [2.24, 2.45) is 0 Å². The first kappa shape index (κ1) is 17.6. The van der Waals surface area contributed by atoms with Gasteiger partial charge in [-0.05, 0) is 35.7 Å². The van der Waals surface area contributed by atoms with Gasteiger partial charge in [0.25, 0.3) is 5.91 Å². The highest BCUT2D eigenvalue weighted by Gasteiger charge is 2.34.